The molecule has 3 heteroatoms. The fourth-order valence-corrected chi connectivity index (χ4v) is 2.80. The van der Waals surface area contributed by atoms with Crippen LogP contribution < -0.4 is 5.32 Å². The van der Waals surface area contributed by atoms with E-state index in [0.29, 0.717) is 18.4 Å². The molecule has 0 bridgehead atoms. The lowest BCUT2D eigenvalue weighted by atomic mass is 10.0. The summed E-state index contributed by atoms with van der Waals surface area (Å²) in [6, 6.07) is 9.08. The number of benzene rings is 1. The van der Waals surface area contributed by atoms with Gasteiger partial charge in [-0.3, -0.25) is 4.79 Å². The van der Waals surface area contributed by atoms with Gasteiger partial charge in [-0.05, 0) is 45.2 Å². The lowest BCUT2D eigenvalue weighted by Gasteiger charge is -2.32. The molecule has 2 rings (SSSR count). The predicted octanol–water partition coefficient (Wildman–Crippen LogP) is 2.53. The van der Waals surface area contributed by atoms with Gasteiger partial charge in [0.05, 0.1) is 0 Å². The Bertz CT molecular complexity index is 427. The molecule has 1 aliphatic heterocycles. The van der Waals surface area contributed by atoms with Gasteiger partial charge in [0, 0.05) is 25.6 Å². The molecule has 110 valence electrons. The van der Waals surface area contributed by atoms with Gasteiger partial charge < -0.3 is 10.2 Å². The fraction of sp³-hybridized carbons (Fsp3) is 0.588. The maximum Gasteiger partial charge on any atom is 0.222 e. The summed E-state index contributed by atoms with van der Waals surface area (Å²) in [5.74, 6) is 0.317. The molecule has 1 aliphatic rings. The molecule has 1 atom stereocenters. The van der Waals surface area contributed by atoms with Crippen LogP contribution in [0.15, 0.2) is 24.3 Å². The van der Waals surface area contributed by atoms with Crippen LogP contribution in [-0.2, 0) is 11.2 Å². The first-order valence-corrected chi connectivity index (χ1v) is 7.69. The number of hydrogen-bond donors (Lipinski definition) is 1. The number of nitrogens with one attached hydrogen (secondary N) is 1. The van der Waals surface area contributed by atoms with E-state index in [2.05, 4.69) is 36.5 Å². The zero-order valence-electron chi connectivity index (χ0n) is 12.7. The molecule has 1 heterocycles. The van der Waals surface area contributed by atoms with Crippen LogP contribution in [0.5, 0.6) is 0 Å². The van der Waals surface area contributed by atoms with E-state index in [4.69, 9.17) is 0 Å². The summed E-state index contributed by atoms with van der Waals surface area (Å²) in [7, 11) is 1.98. The average molecular weight is 274 g/mol. The van der Waals surface area contributed by atoms with Crippen LogP contribution in [0.4, 0.5) is 0 Å². The Morgan fingerprint density at radius 2 is 2.10 bits per heavy atom. The molecule has 1 N–H and O–H groups in total. The first kappa shape index (κ1) is 15.0. The number of amides is 1. The Hall–Kier alpha value is -1.35. The number of nitrogens with zero attached hydrogens (tertiary/aromatic N) is 1. The second-order valence-corrected chi connectivity index (χ2v) is 5.81. The SMILES string of the molecule is CNC1CCCN(C(=O)CCCc2ccc(C)cc2)C1. The number of hydrogen-bond acceptors (Lipinski definition) is 2. The molecular formula is C17H26N2O. The van der Waals surface area contributed by atoms with Crippen molar-refractivity contribution >= 4 is 5.91 Å². The maximum atomic E-state index is 12.2. The van der Waals surface area contributed by atoms with Gasteiger partial charge in [0.15, 0.2) is 0 Å². The fourth-order valence-electron chi connectivity index (χ4n) is 2.80. The molecule has 0 aromatic heterocycles. The molecule has 3 nitrogen and oxygen atoms in total. The van der Waals surface area contributed by atoms with Crippen molar-refractivity contribution in [3.05, 3.63) is 35.4 Å². The Morgan fingerprint density at radius 3 is 2.80 bits per heavy atom. The molecule has 0 saturated carbocycles. The van der Waals surface area contributed by atoms with Gasteiger partial charge in [-0.25, -0.2) is 0 Å². The third-order valence-electron chi connectivity index (χ3n) is 4.16. The number of rotatable bonds is 5. The van der Waals surface area contributed by atoms with Crippen molar-refractivity contribution in [3.8, 4) is 0 Å². The summed E-state index contributed by atoms with van der Waals surface area (Å²) >= 11 is 0. The Kier molecular flexibility index (Phi) is 5.60. The van der Waals surface area contributed by atoms with Crippen molar-refractivity contribution < 1.29 is 4.79 Å². The monoisotopic (exact) mass is 274 g/mol. The van der Waals surface area contributed by atoms with E-state index in [1.807, 2.05) is 11.9 Å². The average Bonchev–Trinajstić information content (AvgIpc) is 2.49. The Morgan fingerprint density at radius 1 is 1.35 bits per heavy atom. The number of likely N-dealkylation sites (N-methyl/N-ethyl adjacent to an activating group) is 1. The van der Waals surface area contributed by atoms with Crippen molar-refractivity contribution in [2.45, 2.75) is 45.1 Å². The molecule has 1 fully saturated rings. The van der Waals surface area contributed by atoms with E-state index in [9.17, 15) is 4.79 Å². The van der Waals surface area contributed by atoms with E-state index in [-0.39, 0.29) is 0 Å². The number of piperidine rings is 1. The van der Waals surface area contributed by atoms with Gasteiger partial charge in [-0.1, -0.05) is 29.8 Å². The zero-order chi connectivity index (χ0) is 14.4. The summed E-state index contributed by atoms with van der Waals surface area (Å²) in [5.41, 5.74) is 2.62. The predicted molar refractivity (Wildman–Crippen MR) is 82.8 cm³/mol. The highest BCUT2D eigenvalue weighted by Gasteiger charge is 2.21. The zero-order valence-corrected chi connectivity index (χ0v) is 12.7. The summed E-state index contributed by atoms with van der Waals surface area (Å²) in [4.78, 5) is 14.2. The molecule has 1 amide bonds. The molecular weight excluding hydrogens is 248 g/mol. The number of carbonyl (C=O) groups is 1. The third-order valence-corrected chi connectivity index (χ3v) is 4.16. The van der Waals surface area contributed by atoms with E-state index in [0.717, 1.165) is 32.4 Å². The summed E-state index contributed by atoms with van der Waals surface area (Å²) in [5, 5.41) is 3.28. The van der Waals surface area contributed by atoms with Crippen molar-refractivity contribution in [2.24, 2.45) is 0 Å². The second kappa shape index (κ2) is 7.44. The lowest BCUT2D eigenvalue weighted by molar-refractivity contribution is -0.132. The van der Waals surface area contributed by atoms with E-state index >= 15 is 0 Å². The quantitative estimate of drug-likeness (QED) is 0.895. The number of aryl methyl sites for hydroxylation is 2. The molecule has 1 aromatic rings. The topological polar surface area (TPSA) is 32.3 Å². The second-order valence-electron chi connectivity index (χ2n) is 5.81. The van der Waals surface area contributed by atoms with Crippen LogP contribution in [-0.4, -0.2) is 37.0 Å². The molecule has 0 spiro atoms. The van der Waals surface area contributed by atoms with Crippen LogP contribution in [0.1, 0.15) is 36.8 Å². The molecule has 0 aliphatic carbocycles. The number of carbonyl (C=O) groups excluding carboxylic acids is 1. The first-order chi connectivity index (χ1) is 9.69. The van der Waals surface area contributed by atoms with Crippen molar-refractivity contribution in [1.82, 2.24) is 10.2 Å². The van der Waals surface area contributed by atoms with Gasteiger partial charge in [0.2, 0.25) is 5.91 Å². The van der Waals surface area contributed by atoms with Gasteiger partial charge in [-0.15, -0.1) is 0 Å². The highest BCUT2D eigenvalue weighted by Crippen LogP contribution is 2.13. The van der Waals surface area contributed by atoms with Crippen LogP contribution in [0.3, 0.4) is 0 Å². The van der Waals surface area contributed by atoms with Crippen LogP contribution in [0.25, 0.3) is 0 Å². The molecule has 0 radical (unpaired) electrons. The third kappa shape index (κ3) is 4.34. The largest absolute Gasteiger partial charge is 0.341 e. The Labute approximate surface area is 122 Å². The minimum absolute atomic E-state index is 0.317. The maximum absolute atomic E-state index is 12.2. The minimum Gasteiger partial charge on any atom is -0.341 e. The summed E-state index contributed by atoms with van der Waals surface area (Å²) in [6.07, 6.45) is 4.92. The minimum atomic E-state index is 0.317. The van der Waals surface area contributed by atoms with E-state index in [1.54, 1.807) is 0 Å². The molecule has 1 aromatic carbocycles. The summed E-state index contributed by atoms with van der Waals surface area (Å²) in [6.45, 7) is 3.91. The number of likely N-dealkylation sites (tertiary alicyclic amines) is 1. The highest BCUT2D eigenvalue weighted by molar-refractivity contribution is 5.76. The van der Waals surface area contributed by atoms with Gasteiger partial charge in [-0.2, -0.15) is 0 Å². The van der Waals surface area contributed by atoms with Crippen LogP contribution in [0, 0.1) is 6.92 Å². The standard InChI is InChI=1S/C17H26N2O/c1-14-8-10-15(11-9-14)5-3-7-17(20)19-12-4-6-16(13-19)18-2/h8-11,16,18H,3-7,12-13H2,1-2H3. The van der Waals surface area contributed by atoms with Crippen LogP contribution >= 0.6 is 0 Å². The summed E-state index contributed by atoms with van der Waals surface area (Å²) < 4.78 is 0. The van der Waals surface area contributed by atoms with Gasteiger partial charge >= 0.3 is 0 Å². The lowest BCUT2D eigenvalue weighted by Crippen LogP contribution is -2.46. The van der Waals surface area contributed by atoms with Gasteiger partial charge in [0.25, 0.3) is 0 Å². The first-order valence-electron chi connectivity index (χ1n) is 7.69. The normalized spacial score (nSPS) is 19.1. The molecule has 20 heavy (non-hydrogen) atoms. The van der Waals surface area contributed by atoms with Crippen molar-refractivity contribution in [3.63, 3.8) is 0 Å². The van der Waals surface area contributed by atoms with E-state index in [1.165, 1.54) is 17.5 Å². The highest BCUT2D eigenvalue weighted by atomic mass is 16.2. The molecule has 1 saturated heterocycles. The molecule has 1 unspecified atom stereocenters. The van der Waals surface area contributed by atoms with Gasteiger partial charge in [0.1, 0.15) is 0 Å². The van der Waals surface area contributed by atoms with E-state index < -0.39 is 0 Å². The van der Waals surface area contributed by atoms with Crippen molar-refractivity contribution in [2.75, 3.05) is 20.1 Å². The Balaban J connectivity index is 1.73. The van der Waals surface area contributed by atoms with Crippen molar-refractivity contribution in [1.29, 1.82) is 0 Å². The smallest absolute Gasteiger partial charge is 0.222 e. The van der Waals surface area contributed by atoms with Crippen LogP contribution in [0.2, 0.25) is 0 Å².